The van der Waals surface area contributed by atoms with Gasteiger partial charge in [-0.15, -0.1) is 0 Å². The number of carboxylic acid groups (broad SMARTS) is 1. The molecule has 3 nitrogen and oxygen atoms in total. The van der Waals surface area contributed by atoms with Gasteiger partial charge in [0.2, 0.25) is 0 Å². The van der Waals surface area contributed by atoms with Crippen LogP contribution in [0.25, 0.3) is 0 Å². The Hall–Kier alpha value is -0.730. The molecule has 0 heterocycles. The molecule has 0 aliphatic heterocycles. The molecule has 0 saturated heterocycles. The first kappa shape index (κ1) is 21.3. The summed E-state index contributed by atoms with van der Waals surface area (Å²) < 4.78 is 4.48. The van der Waals surface area contributed by atoms with E-state index in [0.717, 1.165) is 18.8 Å². The van der Waals surface area contributed by atoms with Crippen LogP contribution in [0, 0.1) is 5.92 Å². The van der Waals surface area contributed by atoms with Gasteiger partial charge in [0.15, 0.2) is 0 Å². The Kier molecular flexibility index (Phi) is 16.1. The molecule has 0 atom stereocenters. The third kappa shape index (κ3) is 19.3. The van der Waals surface area contributed by atoms with Gasteiger partial charge in [0.05, 0.1) is 6.61 Å². The van der Waals surface area contributed by atoms with Crippen molar-refractivity contribution in [2.75, 3.05) is 6.61 Å². The normalized spacial score (nSPS) is 11.0. The predicted molar refractivity (Wildman–Crippen MR) is 93.5 cm³/mol. The highest BCUT2D eigenvalue weighted by Crippen LogP contribution is 2.14. The van der Waals surface area contributed by atoms with Crippen molar-refractivity contribution >= 4 is 6.16 Å². The Bertz CT molecular complexity index is 239. The monoisotopic (exact) mass is 314 g/mol. The van der Waals surface area contributed by atoms with Gasteiger partial charge in [-0.3, -0.25) is 0 Å². The minimum absolute atomic E-state index is 0.354. The second-order valence-corrected chi connectivity index (χ2v) is 6.89. The zero-order chi connectivity index (χ0) is 16.5. The van der Waals surface area contributed by atoms with E-state index in [1.165, 1.54) is 77.0 Å². The summed E-state index contributed by atoms with van der Waals surface area (Å²) in [6.07, 6.45) is 17.2. The molecule has 0 bridgehead atoms. The Morgan fingerprint density at radius 3 is 1.45 bits per heavy atom. The molecule has 0 fully saturated rings. The van der Waals surface area contributed by atoms with Crippen LogP contribution in [0.5, 0.6) is 0 Å². The lowest BCUT2D eigenvalue weighted by Gasteiger charge is -2.05. The van der Waals surface area contributed by atoms with Gasteiger partial charge in [-0.1, -0.05) is 97.3 Å². The smallest absolute Gasteiger partial charge is 0.450 e. The van der Waals surface area contributed by atoms with Crippen molar-refractivity contribution in [3.63, 3.8) is 0 Å². The highest BCUT2D eigenvalue weighted by atomic mass is 16.7. The van der Waals surface area contributed by atoms with E-state index in [9.17, 15) is 4.79 Å². The first-order valence-corrected chi connectivity index (χ1v) is 9.48. The molecule has 0 rings (SSSR count). The van der Waals surface area contributed by atoms with Crippen LogP contribution in [0.4, 0.5) is 4.79 Å². The predicted octanol–water partition coefficient (Wildman–Crippen LogP) is 6.80. The second kappa shape index (κ2) is 16.6. The molecule has 0 amide bonds. The van der Waals surface area contributed by atoms with Gasteiger partial charge < -0.3 is 9.84 Å². The van der Waals surface area contributed by atoms with E-state index in [1.54, 1.807) is 0 Å². The molecule has 0 radical (unpaired) electrons. The largest absolute Gasteiger partial charge is 0.505 e. The first-order valence-electron chi connectivity index (χ1n) is 9.48. The molecule has 0 unspecified atom stereocenters. The maximum Gasteiger partial charge on any atom is 0.505 e. The van der Waals surface area contributed by atoms with Crippen LogP contribution in [-0.4, -0.2) is 17.9 Å². The summed E-state index contributed by atoms with van der Waals surface area (Å²) in [7, 11) is 0. The number of hydrogen-bond donors (Lipinski definition) is 1. The molecule has 22 heavy (non-hydrogen) atoms. The molecule has 0 saturated carbocycles. The highest BCUT2D eigenvalue weighted by Gasteiger charge is 1.97. The fourth-order valence-electron chi connectivity index (χ4n) is 2.76. The van der Waals surface area contributed by atoms with Crippen molar-refractivity contribution in [3.8, 4) is 0 Å². The van der Waals surface area contributed by atoms with Crippen LogP contribution in [0.3, 0.4) is 0 Å². The van der Waals surface area contributed by atoms with Crippen LogP contribution in [0.2, 0.25) is 0 Å². The maximum atomic E-state index is 10.1. The zero-order valence-corrected chi connectivity index (χ0v) is 14.9. The van der Waals surface area contributed by atoms with E-state index in [4.69, 9.17) is 5.11 Å². The zero-order valence-electron chi connectivity index (χ0n) is 14.9. The molecular weight excluding hydrogens is 276 g/mol. The van der Waals surface area contributed by atoms with Crippen molar-refractivity contribution in [1.82, 2.24) is 0 Å². The summed E-state index contributed by atoms with van der Waals surface area (Å²) in [6.45, 7) is 4.97. The molecule has 0 aliphatic rings. The lowest BCUT2D eigenvalue weighted by atomic mass is 10.0. The Morgan fingerprint density at radius 2 is 1.09 bits per heavy atom. The van der Waals surface area contributed by atoms with Crippen molar-refractivity contribution in [3.05, 3.63) is 0 Å². The molecular formula is C19H38O3. The van der Waals surface area contributed by atoms with Crippen molar-refractivity contribution in [1.29, 1.82) is 0 Å². The van der Waals surface area contributed by atoms with Crippen molar-refractivity contribution < 1.29 is 14.6 Å². The van der Waals surface area contributed by atoms with Crippen LogP contribution in [-0.2, 0) is 4.74 Å². The SMILES string of the molecule is CC(C)CCCCCCCCCCCCCCCOC(=O)O. The summed E-state index contributed by atoms with van der Waals surface area (Å²) in [4.78, 5) is 10.1. The van der Waals surface area contributed by atoms with Crippen LogP contribution < -0.4 is 0 Å². The molecule has 1 N–H and O–H groups in total. The van der Waals surface area contributed by atoms with E-state index < -0.39 is 6.16 Å². The van der Waals surface area contributed by atoms with Gasteiger partial charge in [-0.05, 0) is 12.3 Å². The molecule has 0 aromatic rings. The molecule has 3 heteroatoms. The van der Waals surface area contributed by atoms with E-state index in [0.29, 0.717) is 6.61 Å². The molecule has 0 aromatic heterocycles. The van der Waals surface area contributed by atoms with E-state index in [1.807, 2.05) is 0 Å². The van der Waals surface area contributed by atoms with Crippen LogP contribution in [0.15, 0.2) is 0 Å². The number of ether oxygens (including phenoxy) is 1. The van der Waals surface area contributed by atoms with Crippen molar-refractivity contribution in [2.45, 2.75) is 104 Å². The average Bonchev–Trinajstić information content (AvgIpc) is 2.46. The number of carbonyl (C=O) groups is 1. The summed E-state index contributed by atoms with van der Waals surface area (Å²) in [5, 5.41) is 8.32. The molecule has 132 valence electrons. The third-order valence-corrected chi connectivity index (χ3v) is 4.15. The van der Waals surface area contributed by atoms with E-state index in [2.05, 4.69) is 18.6 Å². The van der Waals surface area contributed by atoms with Crippen molar-refractivity contribution in [2.24, 2.45) is 5.92 Å². The van der Waals surface area contributed by atoms with Gasteiger partial charge in [0.1, 0.15) is 0 Å². The van der Waals surface area contributed by atoms with Crippen LogP contribution >= 0.6 is 0 Å². The summed E-state index contributed by atoms with van der Waals surface area (Å²) in [6, 6.07) is 0. The fourth-order valence-corrected chi connectivity index (χ4v) is 2.76. The first-order chi connectivity index (χ1) is 10.6. The molecule has 0 spiro atoms. The van der Waals surface area contributed by atoms with Gasteiger partial charge in [-0.25, -0.2) is 4.79 Å². The topological polar surface area (TPSA) is 46.5 Å². The Morgan fingerprint density at radius 1 is 0.727 bits per heavy atom. The molecule has 0 aliphatic carbocycles. The van der Waals surface area contributed by atoms with Gasteiger partial charge in [-0.2, -0.15) is 0 Å². The summed E-state index contributed by atoms with van der Waals surface area (Å²) in [5.41, 5.74) is 0. The third-order valence-electron chi connectivity index (χ3n) is 4.15. The minimum atomic E-state index is -1.15. The fraction of sp³-hybridized carbons (Fsp3) is 0.947. The number of rotatable bonds is 16. The highest BCUT2D eigenvalue weighted by molar-refractivity contribution is 5.56. The van der Waals surface area contributed by atoms with Gasteiger partial charge >= 0.3 is 6.16 Å². The maximum absolute atomic E-state index is 10.1. The van der Waals surface area contributed by atoms with E-state index in [-0.39, 0.29) is 0 Å². The Balaban J connectivity index is 2.98. The average molecular weight is 315 g/mol. The van der Waals surface area contributed by atoms with Gasteiger partial charge in [0.25, 0.3) is 0 Å². The number of hydrogen-bond acceptors (Lipinski definition) is 2. The summed E-state index contributed by atoms with van der Waals surface area (Å²) in [5.74, 6) is 0.865. The number of unbranched alkanes of at least 4 members (excludes halogenated alkanes) is 12. The standard InChI is InChI=1S/C19H38O3/c1-18(2)16-14-12-10-8-6-4-3-5-7-9-11-13-15-17-22-19(20)21/h18H,3-17H2,1-2H3,(H,20,21). The van der Waals surface area contributed by atoms with E-state index >= 15 is 0 Å². The quantitative estimate of drug-likeness (QED) is 0.252. The van der Waals surface area contributed by atoms with Gasteiger partial charge in [0, 0.05) is 0 Å². The molecule has 0 aromatic carbocycles. The minimum Gasteiger partial charge on any atom is -0.450 e. The lowest BCUT2D eigenvalue weighted by Crippen LogP contribution is -2.01. The van der Waals surface area contributed by atoms with Crippen LogP contribution in [0.1, 0.15) is 104 Å². The Labute approximate surface area is 137 Å². The second-order valence-electron chi connectivity index (χ2n) is 6.89. The lowest BCUT2D eigenvalue weighted by molar-refractivity contribution is 0.0899. The summed E-state index contributed by atoms with van der Waals surface area (Å²) >= 11 is 0.